The van der Waals surface area contributed by atoms with Crippen molar-refractivity contribution in [1.29, 1.82) is 0 Å². The van der Waals surface area contributed by atoms with Crippen LogP contribution in [0.2, 0.25) is 0 Å². The third-order valence-corrected chi connectivity index (χ3v) is 3.30. The molecule has 0 saturated heterocycles. The van der Waals surface area contributed by atoms with E-state index in [4.69, 9.17) is 5.73 Å². The van der Waals surface area contributed by atoms with Crippen molar-refractivity contribution in [2.24, 2.45) is 0 Å². The first-order valence-electron chi connectivity index (χ1n) is 6.76. The molecule has 0 radical (unpaired) electrons. The molecule has 0 amide bonds. The van der Waals surface area contributed by atoms with Crippen LogP contribution in [-0.4, -0.2) is 12.3 Å². The zero-order chi connectivity index (χ0) is 14.5. The summed E-state index contributed by atoms with van der Waals surface area (Å²) in [6, 6.07) is 13.6. The molecule has 2 aromatic carbocycles. The number of Topliss-reactive ketones (excluding diaryl/α,β-unsaturated/α-hetero) is 1. The van der Waals surface area contributed by atoms with Crippen LogP contribution in [0.3, 0.4) is 0 Å². The molecule has 0 fully saturated rings. The molecule has 104 valence electrons. The number of nitrogens with two attached hydrogens (primary N) is 1. The molecule has 0 heterocycles. The Morgan fingerprint density at radius 1 is 1.15 bits per heavy atom. The number of nitrogen functional groups attached to an aromatic ring is 1. The van der Waals surface area contributed by atoms with Crippen LogP contribution < -0.4 is 11.1 Å². The van der Waals surface area contributed by atoms with E-state index in [1.807, 2.05) is 44.2 Å². The van der Waals surface area contributed by atoms with E-state index in [1.165, 1.54) is 5.56 Å². The van der Waals surface area contributed by atoms with Gasteiger partial charge in [-0.15, -0.1) is 0 Å². The van der Waals surface area contributed by atoms with E-state index >= 15 is 0 Å². The monoisotopic (exact) mass is 268 g/mol. The number of hydrogen-bond acceptors (Lipinski definition) is 3. The topological polar surface area (TPSA) is 55.1 Å². The largest absolute Gasteiger partial charge is 0.398 e. The van der Waals surface area contributed by atoms with Gasteiger partial charge < -0.3 is 11.1 Å². The fourth-order valence-electron chi connectivity index (χ4n) is 2.03. The number of anilines is 2. The predicted octanol–water partition coefficient (Wildman–Crippen LogP) is 3.57. The van der Waals surface area contributed by atoms with E-state index in [0.717, 1.165) is 11.3 Å². The first-order chi connectivity index (χ1) is 9.56. The molecule has 0 unspecified atom stereocenters. The maximum absolute atomic E-state index is 12.1. The number of hydrogen-bond donors (Lipinski definition) is 2. The Kier molecular flexibility index (Phi) is 4.41. The Hall–Kier alpha value is -2.29. The first kappa shape index (κ1) is 14.1. The van der Waals surface area contributed by atoms with E-state index in [2.05, 4.69) is 11.4 Å². The second kappa shape index (κ2) is 6.24. The Bertz CT molecular complexity index is 620. The van der Waals surface area contributed by atoms with Gasteiger partial charge in [0.1, 0.15) is 0 Å². The fourth-order valence-corrected chi connectivity index (χ4v) is 2.03. The van der Waals surface area contributed by atoms with Crippen molar-refractivity contribution >= 4 is 17.2 Å². The number of aryl methyl sites for hydroxylation is 2. The van der Waals surface area contributed by atoms with Crippen molar-refractivity contribution in [2.75, 3.05) is 17.6 Å². The molecular formula is C17H20N2O. The summed E-state index contributed by atoms with van der Waals surface area (Å²) in [7, 11) is 0. The van der Waals surface area contributed by atoms with Crippen molar-refractivity contribution in [3.8, 4) is 0 Å². The molecule has 20 heavy (non-hydrogen) atoms. The highest BCUT2D eigenvalue weighted by atomic mass is 16.1. The molecule has 0 bridgehead atoms. The number of carbonyl (C=O) groups is 1. The van der Waals surface area contributed by atoms with Crippen LogP contribution in [0.4, 0.5) is 11.4 Å². The van der Waals surface area contributed by atoms with Gasteiger partial charge in [0.05, 0.1) is 0 Å². The number of benzene rings is 2. The van der Waals surface area contributed by atoms with Gasteiger partial charge in [0.25, 0.3) is 0 Å². The molecule has 0 saturated carbocycles. The van der Waals surface area contributed by atoms with E-state index in [1.54, 1.807) is 6.07 Å². The van der Waals surface area contributed by atoms with E-state index in [9.17, 15) is 4.79 Å². The zero-order valence-corrected chi connectivity index (χ0v) is 11.9. The highest BCUT2D eigenvalue weighted by Crippen LogP contribution is 2.15. The van der Waals surface area contributed by atoms with Crippen molar-refractivity contribution < 1.29 is 4.79 Å². The molecule has 3 heteroatoms. The fraction of sp³-hybridized carbons (Fsp3) is 0.235. The van der Waals surface area contributed by atoms with Crippen LogP contribution in [0.25, 0.3) is 0 Å². The van der Waals surface area contributed by atoms with Gasteiger partial charge in [-0.2, -0.15) is 0 Å². The van der Waals surface area contributed by atoms with Gasteiger partial charge in [-0.1, -0.05) is 24.3 Å². The highest BCUT2D eigenvalue weighted by Gasteiger charge is 2.06. The molecule has 2 aromatic rings. The van der Waals surface area contributed by atoms with Crippen LogP contribution in [0, 0.1) is 13.8 Å². The summed E-state index contributed by atoms with van der Waals surface area (Å²) < 4.78 is 0. The Morgan fingerprint density at radius 3 is 2.65 bits per heavy atom. The van der Waals surface area contributed by atoms with E-state index < -0.39 is 0 Å². The lowest BCUT2D eigenvalue weighted by Gasteiger charge is -2.07. The summed E-state index contributed by atoms with van der Waals surface area (Å²) in [4.78, 5) is 12.1. The standard InChI is InChI=1S/C17H20N2O/c1-12-4-3-5-15(10-12)19-9-8-17(20)14-7-6-13(2)16(18)11-14/h3-7,10-11,19H,8-9,18H2,1-2H3. The van der Waals surface area contributed by atoms with Crippen molar-refractivity contribution in [3.05, 3.63) is 59.2 Å². The molecule has 0 aliphatic carbocycles. The Labute approximate surface area is 119 Å². The number of ketones is 1. The molecule has 0 atom stereocenters. The third kappa shape index (κ3) is 3.60. The molecule has 3 nitrogen and oxygen atoms in total. The normalized spacial score (nSPS) is 10.3. The molecule has 2 rings (SSSR count). The van der Waals surface area contributed by atoms with Crippen LogP contribution in [0.1, 0.15) is 27.9 Å². The maximum atomic E-state index is 12.1. The van der Waals surface area contributed by atoms with Crippen LogP contribution in [0.5, 0.6) is 0 Å². The third-order valence-electron chi connectivity index (χ3n) is 3.30. The van der Waals surface area contributed by atoms with Gasteiger partial charge in [0, 0.05) is 29.9 Å². The van der Waals surface area contributed by atoms with Gasteiger partial charge in [-0.3, -0.25) is 4.79 Å². The van der Waals surface area contributed by atoms with Gasteiger partial charge in [0.15, 0.2) is 5.78 Å². The molecule has 0 aromatic heterocycles. The van der Waals surface area contributed by atoms with Crippen LogP contribution >= 0.6 is 0 Å². The summed E-state index contributed by atoms with van der Waals surface area (Å²) in [5.41, 5.74) is 10.4. The predicted molar refractivity (Wildman–Crippen MR) is 84.2 cm³/mol. The SMILES string of the molecule is Cc1cccc(NCCC(=O)c2ccc(C)c(N)c2)c1. The maximum Gasteiger partial charge on any atom is 0.164 e. The van der Waals surface area contributed by atoms with Gasteiger partial charge in [-0.05, 0) is 43.2 Å². The highest BCUT2D eigenvalue weighted by molar-refractivity contribution is 5.97. The second-order valence-corrected chi connectivity index (χ2v) is 5.04. The van der Waals surface area contributed by atoms with E-state index in [-0.39, 0.29) is 5.78 Å². The Morgan fingerprint density at radius 2 is 1.95 bits per heavy atom. The average Bonchev–Trinajstić information content (AvgIpc) is 2.42. The lowest BCUT2D eigenvalue weighted by atomic mass is 10.0. The van der Waals surface area contributed by atoms with Crippen LogP contribution in [0.15, 0.2) is 42.5 Å². The first-order valence-corrected chi connectivity index (χ1v) is 6.76. The summed E-state index contributed by atoms with van der Waals surface area (Å²) in [6.07, 6.45) is 0.455. The van der Waals surface area contributed by atoms with Crippen molar-refractivity contribution in [3.63, 3.8) is 0 Å². The van der Waals surface area contributed by atoms with Gasteiger partial charge in [0.2, 0.25) is 0 Å². The summed E-state index contributed by atoms with van der Waals surface area (Å²) in [5.74, 6) is 0.108. The minimum atomic E-state index is 0.108. The van der Waals surface area contributed by atoms with Crippen molar-refractivity contribution in [2.45, 2.75) is 20.3 Å². The summed E-state index contributed by atoms with van der Waals surface area (Å²) in [6.45, 7) is 4.60. The average molecular weight is 268 g/mol. The van der Waals surface area contributed by atoms with E-state index in [0.29, 0.717) is 24.2 Å². The minimum Gasteiger partial charge on any atom is -0.398 e. The summed E-state index contributed by atoms with van der Waals surface area (Å²) in [5, 5.41) is 3.26. The Balaban J connectivity index is 1.90. The van der Waals surface area contributed by atoms with Crippen molar-refractivity contribution in [1.82, 2.24) is 0 Å². The lowest BCUT2D eigenvalue weighted by Crippen LogP contribution is -2.09. The minimum absolute atomic E-state index is 0.108. The zero-order valence-electron chi connectivity index (χ0n) is 11.9. The lowest BCUT2D eigenvalue weighted by molar-refractivity contribution is 0.0986. The number of rotatable bonds is 5. The second-order valence-electron chi connectivity index (χ2n) is 5.04. The molecule has 0 aliphatic heterocycles. The molecule has 0 spiro atoms. The number of nitrogens with one attached hydrogen (secondary N) is 1. The van der Waals surface area contributed by atoms with Crippen LogP contribution in [-0.2, 0) is 0 Å². The quantitative estimate of drug-likeness (QED) is 0.644. The molecular weight excluding hydrogens is 248 g/mol. The molecule has 0 aliphatic rings. The number of carbonyl (C=O) groups excluding carboxylic acids is 1. The molecule has 3 N–H and O–H groups in total. The smallest absolute Gasteiger partial charge is 0.164 e. The van der Waals surface area contributed by atoms with Gasteiger partial charge in [-0.25, -0.2) is 0 Å². The summed E-state index contributed by atoms with van der Waals surface area (Å²) >= 11 is 0. The van der Waals surface area contributed by atoms with Gasteiger partial charge >= 0.3 is 0 Å².